The second kappa shape index (κ2) is 9.52. The predicted molar refractivity (Wildman–Crippen MR) is 99.8 cm³/mol. The van der Waals surface area contributed by atoms with Crippen molar-refractivity contribution < 1.29 is 14.3 Å². The van der Waals surface area contributed by atoms with Gasteiger partial charge in [0.15, 0.2) is 0 Å². The fourth-order valence-electron chi connectivity index (χ4n) is 2.37. The molecule has 2 rings (SSSR count). The number of nitrogens with one attached hydrogen (secondary N) is 2. The van der Waals surface area contributed by atoms with Crippen molar-refractivity contribution in [2.45, 2.75) is 26.2 Å². The number of methoxy groups -OCH3 is 2. The smallest absolute Gasteiger partial charge is 0.274 e. The molecule has 2 aromatic rings. The maximum atomic E-state index is 12.5. The van der Waals surface area contributed by atoms with Crippen molar-refractivity contribution in [1.29, 1.82) is 0 Å². The van der Waals surface area contributed by atoms with E-state index < -0.39 is 0 Å². The van der Waals surface area contributed by atoms with Gasteiger partial charge in [0, 0.05) is 24.5 Å². The molecule has 0 saturated carbocycles. The summed E-state index contributed by atoms with van der Waals surface area (Å²) in [5.74, 6) is 0.891. The van der Waals surface area contributed by atoms with Gasteiger partial charge in [-0.25, -0.2) is 0 Å². The molecule has 1 amide bonds. The molecule has 0 aliphatic heterocycles. The van der Waals surface area contributed by atoms with Crippen molar-refractivity contribution in [3.8, 4) is 11.5 Å². The Morgan fingerprint density at radius 2 is 1.96 bits per heavy atom. The molecular formula is C19H25N3O3. The predicted octanol–water partition coefficient (Wildman–Crippen LogP) is 3.95. The number of nitrogens with zero attached hydrogens (tertiary/aromatic N) is 1. The fraction of sp³-hybridized carbons (Fsp3) is 0.368. The molecule has 0 saturated heterocycles. The average Bonchev–Trinajstić information content (AvgIpc) is 2.65. The summed E-state index contributed by atoms with van der Waals surface area (Å²) in [4.78, 5) is 16.7. The SMILES string of the molecule is CCCCCNc1ccnc(C(=O)Nc2cc(OC)ccc2OC)c1. The molecule has 1 heterocycles. The lowest BCUT2D eigenvalue weighted by Gasteiger charge is -2.12. The lowest BCUT2D eigenvalue weighted by atomic mass is 10.2. The van der Waals surface area contributed by atoms with Crippen LogP contribution in [0, 0.1) is 0 Å². The second-order valence-electron chi connectivity index (χ2n) is 5.58. The van der Waals surface area contributed by atoms with Crippen LogP contribution in [0.3, 0.4) is 0 Å². The standard InChI is InChI=1S/C19H25N3O3/c1-4-5-6-10-20-14-9-11-21-17(12-14)19(23)22-16-13-15(24-2)7-8-18(16)25-3/h7-9,11-13H,4-6,10H2,1-3H3,(H,20,21)(H,22,23). The first-order valence-electron chi connectivity index (χ1n) is 8.41. The van der Waals surface area contributed by atoms with Crippen LogP contribution in [0.1, 0.15) is 36.7 Å². The van der Waals surface area contributed by atoms with E-state index in [1.807, 2.05) is 6.07 Å². The molecule has 0 atom stereocenters. The van der Waals surface area contributed by atoms with Crippen LogP contribution in [0.25, 0.3) is 0 Å². The zero-order chi connectivity index (χ0) is 18.1. The van der Waals surface area contributed by atoms with Crippen LogP contribution in [-0.2, 0) is 0 Å². The van der Waals surface area contributed by atoms with Crippen LogP contribution in [0.2, 0.25) is 0 Å². The number of unbranched alkanes of at least 4 members (excludes halogenated alkanes) is 2. The molecule has 0 bridgehead atoms. The minimum Gasteiger partial charge on any atom is -0.497 e. The minimum atomic E-state index is -0.302. The first kappa shape index (κ1) is 18.6. The maximum absolute atomic E-state index is 12.5. The number of carbonyl (C=O) groups is 1. The van der Waals surface area contributed by atoms with Gasteiger partial charge in [0.2, 0.25) is 0 Å². The van der Waals surface area contributed by atoms with Gasteiger partial charge in [0.25, 0.3) is 5.91 Å². The van der Waals surface area contributed by atoms with E-state index in [4.69, 9.17) is 9.47 Å². The summed E-state index contributed by atoms with van der Waals surface area (Å²) in [5.41, 5.74) is 1.76. The molecule has 6 heteroatoms. The highest BCUT2D eigenvalue weighted by atomic mass is 16.5. The topological polar surface area (TPSA) is 72.5 Å². The van der Waals surface area contributed by atoms with E-state index in [-0.39, 0.29) is 5.91 Å². The molecule has 134 valence electrons. The van der Waals surface area contributed by atoms with E-state index >= 15 is 0 Å². The molecule has 1 aromatic carbocycles. The summed E-state index contributed by atoms with van der Waals surface area (Å²) in [7, 11) is 3.12. The number of carbonyl (C=O) groups excluding carboxylic acids is 1. The van der Waals surface area contributed by atoms with Gasteiger partial charge in [-0.05, 0) is 30.7 Å². The van der Waals surface area contributed by atoms with E-state index in [1.165, 1.54) is 12.8 Å². The van der Waals surface area contributed by atoms with E-state index in [9.17, 15) is 4.79 Å². The molecule has 25 heavy (non-hydrogen) atoms. The molecule has 0 aliphatic carbocycles. The third kappa shape index (κ3) is 5.38. The zero-order valence-electron chi connectivity index (χ0n) is 15.0. The van der Waals surface area contributed by atoms with E-state index in [0.717, 1.165) is 18.7 Å². The largest absolute Gasteiger partial charge is 0.497 e. The Labute approximate surface area is 148 Å². The van der Waals surface area contributed by atoms with Gasteiger partial charge in [0.05, 0.1) is 19.9 Å². The molecule has 2 N–H and O–H groups in total. The molecular weight excluding hydrogens is 318 g/mol. The van der Waals surface area contributed by atoms with Crippen molar-refractivity contribution in [2.75, 3.05) is 31.4 Å². The first-order valence-corrected chi connectivity index (χ1v) is 8.41. The van der Waals surface area contributed by atoms with Crippen LogP contribution >= 0.6 is 0 Å². The molecule has 1 aromatic heterocycles. The number of hydrogen-bond acceptors (Lipinski definition) is 5. The normalized spacial score (nSPS) is 10.2. The van der Waals surface area contributed by atoms with Crippen molar-refractivity contribution in [3.05, 3.63) is 42.2 Å². The lowest BCUT2D eigenvalue weighted by Crippen LogP contribution is -2.15. The first-order chi connectivity index (χ1) is 12.2. The Morgan fingerprint density at radius 3 is 2.68 bits per heavy atom. The molecule has 0 fully saturated rings. The van der Waals surface area contributed by atoms with Crippen molar-refractivity contribution in [2.24, 2.45) is 0 Å². The molecule has 0 aliphatic rings. The number of aromatic nitrogens is 1. The number of pyridine rings is 1. The van der Waals surface area contributed by atoms with Crippen molar-refractivity contribution >= 4 is 17.3 Å². The molecule has 0 spiro atoms. The monoisotopic (exact) mass is 343 g/mol. The number of rotatable bonds is 9. The Hall–Kier alpha value is -2.76. The summed E-state index contributed by atoms with van der Waals surface area (Å²) >= 11 is 0. The Kier molecular flexibility index (Phi) is 7.07. The average molecular weight is 343 g/mol. The van der Waals surface area contributed by atoms with E-state index in [1.54, 1.807) is 44.7 Å². The number of amides is 1. The molecule has 6 nitrogen and oxygen atoms in total. The van der Waals surface area contributed by atoms with Crippen molar-refractivity contribution in [1.82, 2.24) is 4.98 Å². The number of anilines is 2. The summed E-state index contributed by atoms with van der Waals surface area (Å²) in [5, 5.41) is 6.14. The lowest BCUT2D eigenvalue weighted by molar-refractivity contribution is 0.102. The quantitative estimate of drug-likeness (QED) is 0.675. The van der Waals surface area contributed by atoms with Gasteiger partial charge >= 0.3 is 0 Å². The third-order valence-corrected chi connectivity index (χ3v) is 3.76. The third-order valence-electron chi connectivity index (χ3n) is 3.76. The number of hydrogen-bond donors (Lipinski definition) is 2. The van der Waals surface area contributed by atoms with Crippen LogP contribution in [0.5, 0.6) is 11.5 Å². The number of ether oxygens (including phenoxy) is 2. The second-order valence-corrected chi connectivity index (χ2v) is 5.58. The maximum Gasteiger partial charge on any atom is 0.274 e. The van der Waals surface area contributed by atoms with Crippen molar-refractivity contribution in [3.63, 3.8) is 0 Å². The molecule has 0 radical (unpaired) electrons. The van der Waals surface area contributed by atoms with Crippen LogP contribution in [-0.4, -0.2) is 31.7 Å². The summed E-state index contributed by atoms with van der Waals surface area (Å²) in [6, 6.07) is 8.83. The van der Waals surface area contributed by atoms with Gasteiger partial charge in [0.1, 0.15) is 17.2 Å². The highest BCUT2D eigenvalue weighted by Gasteiger charge is 2.12. The highest BCUT2D eigenvalue weighted by molar-refractivity contribution is 6.04. The van der Waals surface area contributed by atoms with Gasteiger partial charge < -0.3 is 20.1 Å². The molecule has 0 unspecified atom stereocenters. The fourth-order valence-corrected chi connectivity index (χ4v) is 2.37. The highest BCUT2D eigenvalue weighted by Crippen LogP contribution is 2.29. The number of benzene rings is 1. The zero-order valence-corrected chi connectivity index (χ0v) is 15.0. The van der Waals surface area contributed by atoms with E-state index in [0.29, 0.717) is 22.9 Å². The van der Waals surface area contributed by atoms with Crippen LogP contribution in [0.4, 0.5) is 11.4 Å². The summed E-state index contributed by atoms with van der Waals surface area (Å²) < 4.78 is 10.5. The summed E-state index contributed by atoms with van der Waals surface area (Å²) in [6.07, 6.45) is 5.08. The van der Waals surface area contributed by atoms with Crippen LogP contribution < -0.4 is 20.1 Å². The van der Waals surface area contributed by atoms with E-state index in [2.05, 4.69) is 22.5 Å². The van der Waals surface area contributed by atoms with Gasteiger partial charge in [-0.2, -0.15) is 0 Å². The van der Waals surface area contributed by atoms with Crippen LogP contribution in [0.15, 0.2) is 36.5 Å². The Morgan fingerprint density at radius 1 is 1.12 bits per heavy atom. The summed E-state index contributed by atoms with van der Waals surface area (Å²) in [6.45, 7) is 3.05. The minimum absolute atomic E-state index is 0.302. The van der Waals surface area contributed by atoms with Gasteiger partial charge in [-0.1, -0.05) is 19.8 Å². The Balaban J connectivity index is 2.08. The van der Waals surface area contributed by atoms with Gasteiger partial charge in [-0.3, -0.25) is 9.78 Å². The van der Waals surface area contributed by atoms with Gasteiger partial charge in [-0.15, -0.1) is 0 Å². The Bertz CT molecular complexity index is 704.